The summed E-state index contributed by atoms with van der Waals surface area (Å²) in [4.78, 5) is 26.7. The molecule has 1 unspecified atom stereocenters. The van der Waals surface area contributed by atoms with E-state index in [9.17, 15) is 13.6 Å². The minimum atomic E-state index is -2.28. The van der Waals surface area contributed by atoms with Crippen LogP contribution in [0, 0.1) is 6.92 Å². The Morgan fingerprint density at radius 3 is 2.90 bits per heavy atom. The molecule has 0 bridgehead atoms. The predicted molar refractivity (Wildman–Crippen MR) is 114 cm³/mol. The molecule has 30 heavy (non-hydrogen) atoms. The molecule has 158 valence electrons. The van der Waals surface area contributed by atoms with Gasteiger partial charge in [0.2, 0.25) is 0 Å². The maximum absolute atomic E-state index is 12.2. The van der Waals surface area contributed by atoms with Crippen molar-refractivity contribution in [3.8, 4) is 0 Å². The predicted octanol–water partition coefficient (Wildman–Crippen LogP) is 2.75. The van der Waals surface area contributed by atoms with Crippen LogP contribution in [0.5, 0.6) is 0 Å². The van der Waals surface area contributed by atoms with Gasteiger partial charge in [-0.2, -0.15) is 0 Å². The smallest absolute Gasteiger partial charge is 0.175 e. The second kappa shape index (κ2) is 8.93. The Hall–Kier alpha value is -2.14. The van der Waals surface area contributed by atoms with Gasteiger partial charge in [0.25, 0.3) is 0 Å². The third-order valence-corrected chi connectivity index (χ3v) is 6.78. The van der Waals surface area contributed by atoms with Crippen LogP contribution in [0.15, 0.2) is 28.5 Å². The molecule has 0 spiro atoms. The minimum Gasteiger partial charge on any atom is -0.760 e. The van der Waals surface area contributed by atoms with E-state index >= 15 is 0 Å². The summed E-state index contributed by atoms with van der Waals surface area (Å²) in [5.41, 5.74) is 5.39. The van der Waals surface area contributed by atoms with Crippen LogP contribution < -0.4 is 4.72 Å². The first-order valence-electron chi connectivity index (χ1n) is 9.85. The molecule has 1 atom stereocenters. The van der Waals surface area contributed by atoms with E-state index in [-0.39, 0.29) is 5.78 Å². The Kier molecular flexibility index (Phi) is 6.28. The number of rotatable bonds is 8. The van der Waals surface area contributed by atoms with Crippen molar-refractivity contribution in [1.29, 1.82) is 0 Å². The maximum Gasteiger partial charge on any atom is 0.175 e. The van der Waals surface area contributed by atoms with Crippen LogP contribution in [-0.2, 0) is 30.7 Å². The van der Waals surface area contributed by atoms with Crippen molar-refractivity contribution in [3.63, 3.8) is 0 Å². The number of fused-ring (bicyclic) bond motifs is 2. The molecule has 0 fully saturated rings. The normalized spacial score (nSPS) is 14.4. The average Bonchev–Trinajstić information content (AvgIpc) is 3.26. The van der Waals surface area contributed by atoms with E-state index in [2.05, 4.69) is 27.7 Å². The summed E-state index contributed by atoms with van der Waals surface area (Å²) in [7, 11) is 0. The Morgan fingerprint density at radius 2 is 2.13 bits per heavy atom. The van der Waals surface area contributed by atoms with Crippen molar-refractivity contribution in [2.75, 3.05) is 6.54 Å². The molecule has 3 aromatic rings. The molecule has 0 radical (unpaired) electrons. The van der Waals surface area contributed by atoms with E-state index < -0.39 is 11.3 Å². The molecule has 10 heteroatoms. The number of aromatic nitrogens is 4. The van der Waals surface area contributed by atoms with Gasteiger partial charge in [0.1, 0.15) is 11.8 Å². The molecular weight excluding hydrogens is 422 g/mol. The van der Waals surface area contributed by atoms with Crippen molar-refractivity contribution >= 4 is 40.0 Å². The number of carbonyl (C=O) groups is 1. The van der Waals surface area contributed by atoms with Gasteiger partial charge in [0, 0.05) is 41.2 Å². The van der Waals surface area contributed by atoms with Crippen LogP contribution in [0.3, 0.4) is 0 Å². The fourth-order valence-electron chi connectivity index (χ4n) is 3.70. The maximum atomic E-state index is 12.2. The quantitative estimate of drug-likeness (QED) is 0.420. The van der Waals surface area contributed by atoms with Gasteiger partial charge in [-0.25, -0.2) is 19.7 Å². The molecule has 1 aliphatic carbocycles. The monoisotopic (exact) mass is 444 g/mol. The first-order valence-corrected chi connectivity index (χ1v) is 11.7. The van der Waals surface area contributed by atoms with Gasteiger partial charge < -0.3 is 9.12 Å². The standard InChI is InChI=1S/C20H23N5O3S2/c1-3-13-9-14-5-6-16(26)15(14)10-17(13)29-20-24-18-12(2)21-11-22-19(18)25(20)8-4-7-23-30(27)28/h9-11,23H,3-8H2,1-2H3,(H,27,28)/p-1. The Bertz CT molecular complexity index is 1150. The van der Waals surface area contributed by atoms with Gasteiger partial charge in [-0.15, -0.1) is 0 Å². The van der Waals surface area contributed by atoms with Gasteiger partial charge in [-0.3, -0.25) is 9.00 Å². The summed E-state index contributed by atoms with van der Waals surface area (Å²) in [6, 6.07) is 4.15. The topological polar surface area (TPSA) is 113 Å². The number of nitrogens with one attached hydrogen (secondary N) is 1. The molecule has 1 aromatic carbocycles. The number of aryl methyl sites for hydroxylation is 4. The Labute approximate surface area is 181 Å². The number of nitrogens with zero attached hydrogens (tertiary/aromatic N) is 4. The lowest BCUT2D eigenvalue weighted by atomic mass is 10.0. The van der Waals surface area contributed by atoms with Gasteiger partial charge in [-0.1, -0.05) is 24.8 Å². The highest BCUT2D eigenvalue weighted by Crippen LogP contribution is 2.36. The van der Waals surface area contributed by atoms with Crippen LogP contribution in [0.4, 0.5) is 0 Å². The third-order valence-electron chi connectivity index (χ3n) is 5.25. The molecule has 1 aliphatic rings. The van der Waals surface area contributed by atoms with E-state index in [0.29, 0.717) is 25.9 Å². The average molecular weight is 445 g/mol. The van der Waals surface area contributed by atoms with E-state index in [4.69, 9.17) is 4.98 Å². The number of ketones is 1. The zero-order chi connectivity index (χ0) is 21.3. The highest BCUT2D eigenvalue weighted by atomic mass is 32.2. The molecule has 0 aliphatic heterocycles. The lowest BCUT2D eigenvalue weighted by Gasteiger charge is -2.13. The third kappa shape index (κ3) is 4.18. The van der Waals surface area contributed by atoms with Crippen molar-refractivity contribution in [1.82, 2.24) is 24.2 Å². The number of Topliss-reactive ketones (excluding diaryl/α,β-unsaturated/α-hetero) is 1. The lowest BCUT2D eigenvalue weighted by molar-refractivity contribution is 0.0994. The van der Waals surface area contributed by atoms with Crippen LogP contribution in [0.2, 0.25) is 0 Å². The number of imidazole rings is 1. The largest absolute Gasteiger partial charge is 0.760 e. The van der Waals surface area contributed by atoms with Gasteiger partial charge in [0.05, 0.1) is 5.69 Å². The summed E-state index contributed by atoms with van der Waals surface area (Å²) in [6.07, 6.45) is 4.36. The molecule has 0 amide bonds. The number of benzene rings is 1. The van der Waals surface area contributed by atoms with Crippen LogP contribution >= 0.6 is 11.8 Å². The first-order chi connectivity index (χ1) is 14.5. The second-order valence-electron chi connectivity index (χ2n) is 7.16. The number of carbonyl (C=O) groups excluding carboxylic acids is 1. The van der Waals surface area contributed by atoms with Crippen molar-refractivity contribution in [2.45, 2.75) is 56.1 Å². The molecule has 0 saturated carbocycles. The van der Waals surface area contributed by atoms with Gasteiger partial charge in [-0.05, 0) is 43.4 Å². The summed E-state index contributed by atoms with van der Waals surface area (Å²) >= 11 is -0.755. The summed E-state index contributed by atoms with van der Waals surface area (Å²) in [6.45, 7) is 4.89. The van der Waals surface area contributed by atoms with Crippen LogP contribution in [-0.4, -0.2) is 40.6 Å². The van der Waals surface area contributed by atoms with E-state index in [1.807, 2.05) is 17.6 Å². The summed E-state index contributed by atoms with van der Waals surface area (Å²) in [5, 5.41) is 0.761. The summed E-state index contributed by atoms with van der Waals surface area (Å²) in [5.74, 6) is 0.196. The number of hydrogen-bond acceptors (Lipinski definition) is 7. The highest BCUT2D eigenvalue weighted by Gasteiger charge is 2.23. The Morgan fingerprint density at radius 1 is 1.30 bits per heavy atom. The van der Waals surface area contributed by atoms with E-state index in [1.54, 1.807) is 0 Å². The van der Waals surface area contributed by atoms with E-state index in [1.165, 1.54) is 23.7 Å². The second-order valence-corrected chi connectivity index (χ2v) is 8.92. The number of hydrogen-bond donors (Lipinski definition) is 1. The fraction of sp³-hybridized carbons (Fsp3) is 0.400. The lowest BCUT2D eigenvalue weighted by Crippen LogP contribution is -2.19. The zero-order valence-corrected chi connectivity index (χ0v) is 18.4. The molecule has 8 nitrogen and oxygen atoms in total. The van der Waals surface area contributed by atoms with Gasteiger partial charge >= 0.3 is 0 Å². The minimum absolute atomic E-state index is 0.196. The molecular formula is C20H22N5O3S2-. The molecule has 0 saturated heterocycles. The summed E-state index contributed by atoms with van der Waals surface area (Å²) < 4.78 is 25.9. The van der Waals surface area contributed by atoms with Crippen LogP contribution in [0.25, 0.3) is 11.2 Å². The molecule has 2 heterocycles. The first kappa shape index (κ1) is 21.1. The molecule has 4 rings (SSSR count). The highest BCUT2D eigenvalue weighted by molar-refractivity contribution is 7.99. The Balaban J connectivity index is 1.71. The van der Waals surface area contributed by atoms with Crippen LogP contribution in [0.1, 0.15) is 46.9 Å². The SMILES string of the molecule is CCc1cc2c(cc1Sc1nc3c(C)ncnc3n1CCCNS(=O)[O-])C(=O)CC2. The van der Waals surface area contributed by atoms with Crippen molar-refractivity contribution in [2.24, 2.45) is 0 Å². The van der Waals surface area contributed by atoms with E-state index in [0.717, 1.165) is 50.9 Å². The molecule has 2 aromatic heterocycles. The fourth-order valence-corrected chi connectivity index (χ4v) is 5.14. The van der Waals surface area contributed by atoms with Crippen molar-refractivity contribution in [3.05, 3.63) is 40.8 Å². The zero-order valence-electron chi connectivity index (χ0n) is 16.8. The van der Waals surface area contributed by atoms with Gasteiger partial charge in [0.15, 0.2) is 16.6 Å². The molecule has 1 N–H and O–H groups in total. The van der Waals surface area contributed by atoms with Crippen molar-refractivity contribution < 1.29 is 13.6 Å².